The SMILES string of the molecule is CCc1ccccc1Nc1ccnc(C(=O)NCc2ccc(F)cc2)c1. The number of pyridine rings is 1. The maximum Gasteiger partial charge on any atom is 0.270 e. The van der Waals surface area contributed by atoms with Crippen molar-refractivity contribution < 1.29 is 9.18 Å². The van der Waals surface area contributed by atoms with Gasteiger partial charge in [0.2, 0.25) is 0 Å². The number of aryl methyl sites for hydroxylation is 1. The molecule has 2 aromatic carbocycles. The summed E-state index contributed by atoms with van der Waals surface area (Å²) in [6.07, 6.45) is 2.52. The van der Waals surface area contributed by atoms with E-state index in [1.54, 1.807) is 24.4 Å². The number of nitrogens with one attached hydrogen (secondary N) is 2. The maximum atomic E-state index is 12.9. The van der Waals surface area contributed by atoms with Crippen LogP contribution in [0.2, 0.25) is 0 Å². The number of rotatable bonds is 6. The predicted molar refractivity (Wildman–Crippen MR) is 101 cm³/mol. The number of hydrogen-bond acceptors (Lipinski definition) is 3. The van der Waals surface area contributed by atoms with Crippen molar-refractivity contribution in [3.05, 3.63) is 89.5 Å². The number of carbonyl (C=O) groups is 1. The highest BCUT2D eigenvalue weighted by Crippen LogP contribution is 2.21. The van der Waals surface area contributed by atoms with Gasteiger partial charge in [0.25, 0.3) is 5.91 Å². The lowest BCUT2D eigenvalue weighted by Gasteiger charge is -2.11. The fourth-order valence-electron chi connectivity index (χ4n) is 2.61. The van der Waals surface area contributed by atoms with Crippen LogP contribution < -0.4 is 10.6 Å². The number of para-hydroxylation sites is 1. The van der Waals surface area contributed by atoms with Gasteiger partial charge in [-0.05, 0) is 47.9 Å². The largest absolute Gasteiger partial charge is 0.355 e. The summed E-state index contributed by atoms with van der Waals surface area (Å²) in [5.74, 6) is -0.574. The standard InChI is InChI=1S/C21H20FN3O/c1-2-16-5-3-4-6-19(16)25-18-11-12-23-20(13-18)21(26)24-14-15-7-9-17(22)10-8-15/h3-13H,2,14H2,1H3,(H,23,25)(H,24,26). The van der Waals surface area contributed by atoms with E-state index in [2.05, 4.69) is 28.6 Å². The van der Waals surface area contributed by atoms with Crippen LogP contribution >= 0.6 is 0 Å². The first kappa shape index (κ1) is 17.6. The van der Waals surface area contributed by atoms with Gasteiger partial charge in [0.15, 0.2) is 0 Å². The molecule has 0 aliphatic rings. The Morgan fingerprint density at radius 2 is 1.85 bits per heavy atom. The number of amides is 1. The van der Waals surface area contributed by atoms with Gasteiger partial charge in [0, 0.05) is 24.1 Å². The summed E-state index contributed by atoms with van der Waals surface area (Å²) < 4.78 is 12.9. The average Bonchev–Trinajstić information content (AvgIpc) is 2.68. The lowest BCUT2D eigenvalue weighted by Crippen LogP contribution is -2.23. The van der Waals surface area contributed by atoms with Gasteiger partial charge in [-0.15, -0.1) is 0 Å². The van der Waals surface area contributed by atoms with Gasteiger partial charge >= 0.3 is 0 Å². The number of aromatic nitrogens is 1. The van der Waals surface area contributed by atoms with Crippen LogP contribution in [-0.2, 0) is 13.0 Å². The zero-order valence-electron chi connectivity index (χ0n) is 14.5. The molecule has 0 spiro atoms. The van der Waals surface area contributed by atoms with E-state index in [0.29, 0.717) is 12.2 Å². The monoisotopic (exact) mass is 349 g/mol. The van der Waals surface area contributed by atoms with Crippen molar-refractivity contribution in [3.8, 4) is 0 Å². The Hall–Kier alpha value is -3.21. The van der Waals surface area contributed by atoms with E-state index < -0.39 is 0 Å². The van der Waals surface area contributed by atoms with E-state index >= 15 is 0 Å². The first-order valence-corrected chi connectivity index (χ1v) is 8.49. The summed E-state index contributed by atoms with van der Waals surface area (Å²) in [6.45, 7) is 2.42. The minimum Gasteiger partial charge on any atom is -0.355 e. The minimum atomic E-state index is -0.298. The average molecular weight is 349 g/mol. The molecule has 3 aromatic rings. The molecule has 0 aliphatic heterocycles. The lowest BCUT2D eigenvalue weighted by molar-refractivity contribution is 0.0946. The predicted octanol–water partition coefficient (Wildman–Crippen LogP) is 4.46. The van der Waals surface area contributed by atoms with E-state index in [-0.39, 0.29) is 11.7 Å². The molecule has 0 aliphatic carbocycles. The van der Waals surface area contributed by atoms with Crippen molar-refractivity contribution in [2.75, 3.05) is 5.32 Å². The first-order valence-electron chi connectivity index (χ1n) is 8.49. The second-order valence-corrected chi connectivity index (χ2v) is 5.87. The first-order chi connectivity index (χ1) is 12.7. The smallest absolute Gasteiger partial charge is 0.270 e. The second kappa shape index (κ2) is 8.25. The van der Waals surface area contributed by atoms with E-state index in [0.717, 1.165) is 23.4 Å². The Kier molecular flexibility index (Phi) is 5.59. The van der Waals surface area contributed by atoms with Gasteiger partial charge in [0.05, 0.1) is 0 Å². The van der Waals surface area contributed by atoms with Crippen LogP contribution in [0, 0.1) is 5.82 Å². The third-order valence-corrected chi connectivity index (χ3v) is 4.04. The normalized spacial score (nSPS) is 10.4. The third kappa shape index (κ3) is 4.45. The molecule has 0 saturated carbocycles. The molecule has 0 fully saturated rings. The fourth-order valence-corrected chi connectivity index (χ4v) is 2.61. The molecule has 0 radical (unpaired) electrons. The number of carbonyl (C=O) groups excluding carboxylic acids is 1. The van der Waals surface area contributed by atoms with Crippen LogP contribution in [0.5, 0.6) is 0 Å². The molecule has 3 rings (SSSR count). The molecule has 5 heteroatoms. The molecule has 4 nitrogen and oxygen atoms in total. The van der Waals surface area contributed by atoms with Crippen molar-refractivity contribution in [3.63, 3.8) is 0 Å². The summed E-state index contributed by atoms with van der Waals surface area (Å²) in [5.41, 5.74) is 4.16. The molecule has 0 unspecified atom stereocenters. The number of hydrogen-bond donors (Lipinski definition) is 2. The number of halogens is 1. The van der Waals surface area contributed by atoms with E-state index in [1.165, 1.54) is 17.7 Å². The van der Waals surface area contributed by atoms with Gasteiger partial charge in [-0.1, -0.05) is 37.3 Å². The van der Waals surface area contributed by atoms with Crippen LogP contribution in [-0.4, -0.2) is 10.9 Å². The number of anilines is 2. The van der Waals surface area contributed by atoms with Crippen molar-refractivity contribution in [2.45, 2.75) is 19.9 Å². The van der Waals surface area contributed by atoms with Gasteiger partial charge in [-0.25, -0.2) is 4.39 Å². The number of benzene rings is 2. The minimum absolute atomic E-state index is 0.276. The van der Waals surface area contributed by atoms with E-state index in [9.17, 15) is 9.18 Å². The summed E-state index contributed by atoms with van der Waals surface area (Å²) >= 11 is 0. The van der Waals surface area contributed by atoms with Crippen LogP contribution in [0.4, 0.5) is 15.8 Å². The fraction of sp³-hybridized carbons (Fsp3) is 0.143. The lowest BCUT2D eigenvalue weighted by atomic mass is 10.1. The quantitative estimate of drug-likeness (QED) is 0.691. The number of nitrogens with zero attached hydrogens (tertiary/aromatic N) is 1. The molecule has 2 N–H and O–H groups in total. The summed E-state index contributed by atoms with van der Waals surface area (Å²) in [6, 6.07) is 17.6. The molecule has 0 atom stereocenters. The van der Waals surface area contributed by atoms with Gasteiger partial charge in [0.1, 0.15) is 11.5 Å². The van der Waals surface area contributed by atoms with Gasteiger partial charge in [-0.2, -0.15) is 0 Å². The van der Waals surface area contributed by atoms with Crippen LogP contribution in [0.15, 0.2) is 66.9 Å². The molecule has 26 heavy (non-hydrogen) atoms. The molecular formula is C21H20FN3O. The second-order valence-electron chi connectivity index (χ2n) is 5.87. The highest BCUT2D eigenvalue weighted by atomic mass is 19.1. The van der Waals surface area contributed by atoms with E-state index in [4.69, 9.17) is 0 Å². The summed E-state index contributed by atoms with van der Waals surface area (Å²) in [4.78, 5) is 16.5. The van der Waals surface area contributed by atoms with Crippen LogP contribution in [0.25, 0.3) is 0 Å². The molecular weight excluding hydrogens is 329 g/mol. The third-order valence-electron chi connectivity index (χ3n) is 4.04. The van der Waals surface area contributed by atoms with Gasteiger partial charge in [-0.3, -0.25) is 9.78 Å². The molecule has 1 heterocycles. The Balaban J connectivity index is 1.68. The highest BCUT2D eigenvalue weighted by molar-refractivity contribution is 5.93. The zero-order valence-corrected chi connectivity index (χ0v) is 14.5. The molecule has 1 aromatic heterocycles. The van der Waals surface area contributed by atoms with Crippen molar-refractivity contribution in [1.29, 1.82) is 0 Å². The highest BCUT2D eigenvalue weighted by Gasteiger charge is 2.09. The van der Waals surface area contributed by atoms with Gasteiger partial charge < -0.3 is 10.6 Å². The Bertz CT molecular complexity index is 894. The molecule has 1 amide bonds. The zero-order chi connectivity index (χ0) is 18.4. The molecule has 0 bridgehead atoms. The maximum absolute atomic E-state index is 12.9. The van der Waals surface area contributed by atoms with Crippen LogP contribution in [0.1, 0.15) is 28.5 Å². The van der Waals surface area contributed by atoms with Crippen molar-refractivity contribution >= 4 is 17.3 Å². The van der Waals surface area contributed by atoms with E-state index in [1.807, 2.05) is 24.3 Å². The van der Waals surface area contributed by atoms with Crippen molar-refractivity contribution in [1.82, 2.24) is 10.3 Å². The van der Waals surface area contributed by atoms with Crippen LogP contribution in [0.3, 0.4) is 0 Å². The topological polar surface area (TPSA) is 54.0 Å². The Labute approximate surface area is 152 Å². The molecule has 132 valence electrons. The van der Waals surface area contributed by atoms with Crippen molar-refractivity contribution in [2.24, 2.45) is 0 Å². The Morgan fingerprint density at radius 3 is 2.62 bits per heavy atom. The Morgan fingerprint density at radius 1 is 1.08 bits per heavy atom. The summed E-state index contributed by atoms with van der Waals surface area (Å²) in [5, 5.41) is 6.13. The summed E-state index contributed by atoms with van der Waals surface area (Å²) in [7, 11) is 0. The molecule has 0 saturated heterocycles.